The highest BCUT2D eigenvalue weighted by atomic mass is 35.5. The molecule has 0 aliphatic rings. The second-order valence-electron chi connectivity index (χ2n) is 2.72. The third kappa shape index (κ3) is 3.09. The van der Waals surface area contributed by atoms with E-state index in [0.29, 0.717) is 0 Å². The van der Waals surface area contributed by atoms with Gasteiger partial charge in [-0.25, -0.2) is 0 Å². The van der Waals surface area contributed by atoms with Crippen molar-refractivity contribution >= 4 is 34.6 Å². The summed E-state index contributed by atoms with van der Waals surface area (Å²) in [5, 5.41) is 29.8. The molecule has 0 aliphatic heterocycles. The van der Waals surface area contributed by atoms with E-state index in [1.807, 2.05) is 6.07 Å². The maximum absolute atomic E-state index is 8.84. The second kappa shape index (κ2) is 5.72. The molecular formula is C10H3Cl2N5. The molecule has 0 bridgehead atoms. The number of benzene rings is 1. The van der Waals surface area contributed by atoms with Gasteiger partial charge in [-0.3, -0.25) is 5.43 Å². The summed E-state index contributed by atoms with van der Waals surface area (Å²) in [4.78, 5) is 0. The molecule has 0 aromatic heterocycles. The van der Waals surface area contributed by atoms with E-state index in [9.17, 15) is 0 Å². The first-order valence-corrected chi connectivity index (χ1v) is 4.91. The number of hydrogen-bond acceptors (Lipinski definition) is 5. The summed E-state index contributed by atoms with van der Waals surface area (Å²) < 4.78 is 0. The number of hydrogen-bond donors (Lipinski definition) is 1. The lowest BCUT2D eigenvalue weighted by atomic mass is 10.2. The molecule has 1 rings (SSSR count). The van der Waals surface area contributed by atoms with Crippen LogP contribution in [0, 0.1) is 34.0 Å². The Morgan fingerprint density at radius 3 is 2.24 bits per heavy atom. The minimum Gasteiger partial charge on any atom is -0.275 e. The van der Waals surface area contributed by atoms with Crippen LogP contribution in [-0.2, 0) is 0 Å². The maximum atomic E-state index is 8.84. The molecule has 0 unspecified atom stereocenters. The van der Waals surface area contributed by atoms with Crippen LogP contribution < -0.4 is 5.43 Å². The highest BCUT2D eigenvalue weighted by Gasteiger charge is 2.07. The first kappa shape index (κ1) is 12.8. The average Bonchev–Trinajstić information content (AvgIpc) is 2.34. The van der Waals surface area contributed by atoms with Crippen LogP contribution in [-0.4, -0.2) is 5.71 Å². The Morgan fingerprint density at radius 1 is 1.12 bits per heavy atom. The molecule has 82 valence electrons. The molecule has 0 heterocycles. The van der Waals surface area contributed by atoms with Crippen molar-refractivity contribution in [2.75, 3.05) is 5.43 Å². The second-order valence-corrected chi connectivity index (χ2v) is 3.53. The zero-order valence-corrected chi connectivity index (χ0v) is 9.71. The molecule has 1 N–H and O–H groups in total. The Morgan fingerprint density at radius 2 is 1.71 bits per heavy atom. The lowest BCUT2D eigenvalue weighted by molar-refractivity contribution is 1.32. The molecule has 0 saturated carbocycles. The van der Waals surface area contributed by atoms with Crippen LogP contribution in [0.4, 0.5) is 5.69 Å². The highest BCUT2D eigenvalue weighted by Crippen LogP contribution is 2.28. The van der Waals surface area contributed by atoms with Gasteiger partial charge < -0.3 is 0 Å². The van der Waals surface area contributed by atoms with E-state index >= 15 is 0 Å². The first-order valence-electron chi connectivity index (χ1n) is 4.15. The van der Waals surface area contributed by atoms with E-state index in [0.717, 1.165) is 0 Å². The Kier molecular flexibility index (Phi) is 4.31. The van der Waals surface area contributed by atoms with Gasteiger partial charge in [0.1, 0.15) is 18.2 Å². The summed E-state index contributed by atoms with van der Waals surface area (Å²) in [5.74, 6) is 0. The van der Waals surface area contributed by atoms with Gasteiger partial charge in [-0.2, -0.15) is 20.9 Å². The lowest BCUT2D eigenvalue weighted by Crippen LogP contribution is -1.98. The summed E-state index contributed by atoms with van der Waals surface area (Å²) in [6, 6.07) is 7.77. The smallest absolute Gasteiger partial charge is 0.237 e. The zero-order chi connectivity index (χ0) is 12.8. The number of anilines is 1. The van der Waals surface area contributed by atoms with Crippen molar-refractivity contribution < 1.29 is 0 Å². The fourth-order valence-electron chi connectivity index (χ4n) is 0.923. The zero-order valence-electron chi connectivity index (χ0n) is 8.20. The van der Waals surface area contributed by atoms with E-state index in [-0.39, 0.29) is 27.0 Å². The van der Waals surface area contributed by atoms with E-state index in [1.54, 1.807) is 12.1 Å². The van der Waals surface area contributed by atoms with Crippen molar-refractivity contribution in [3.63, 3.8) is 0 Å². The highest BCUT2D eigenvalue weighted by molar-refractivity contribution is 6.42. The summed E-state index contributed by atoms with van der Waals surface area (Å²) in [7, 11) is 0. The molecule has 1 aromatic carbocycles. The number of nitriles is 3. The summed E-state index contributed by atoms with van der Waals surface area (Å²) in [5.41, 5.74) is 2.53. The Labute approximate surface area is 107 Å². The fraction of sp³-hybridized carbons (Fsp3) is 0. The monoisotopic (exact) mass is 263 g/mol. The Hall–Kier alpha value is -2.26. The van der Waals surface area contributed by atoms with Gasteiger partial charge >= 0.3 is 0 Å². The van der Waals surface area contributed by atoms with Gasteiger partial charge in [0.05, 0.1) is 21.3 Å². The van der Waals surface area contributed by atoms with Crippen molar-refractivity contribution in [2.24, 2.45) is 5.10 Å². The van der Waals surface area contributed by atoms with Crippen LogP contribution in [0.1, 0.15) is 5.56 Å². The Balaban J connectivity index is 3.14. The maximum Gasteiger partial charge on any atom is 0.237 e. The van der Waals surface area contributed by atoms with Crippen LogP contribution in [0.15, 0.2) is 17.2 Å². The fourth-order valence-corrected chi connectivity index (χ4v) is 1.25. The summed E-state index contributed by atoms with van der Waals surface area (Å²) in [6.07, 6.45) is 0. The number of hydrazone groups is 1. The SMILES string of the molecule is N#CC(C#N)=NNc1cc(Cl)c(Cl)cc1C#N. The van der Waals surface area contributed by atoms with Crippen molar-refractivity contribution in [1.29, 1.82) is 15.8 Å². The predicted octanol–water partition coefficient (Wildman–Crippen LogP) is 2.68. The molecule has 0 amide bonds. The van der Waals surface area contributed by atoms with Crippen molar-refractivity contribution in [1.82, 2.24) is 0 Å². The van der Waals surface area contributed by atoms with E-state index in [1.165, 1.54) is 12.1 Å². The van der Waals surface area contributed by atoms with Crippen molar-refractivity contribution in [2.45, 2.75) is 0 Å². The van der Waals surface area contributed by atoms with E-state index in [2.05, 4.69) is 10.5 Å². The number of nitrogens with zero attached hydrogens (tertiary/aromatic N) is 4. The standard InChI is InChI=1S/C10H3Cl2N5/c11-8-1-6(3-13)10(2-9(8)12)17-16-7(4-14)5-15/h1-2,17H. The van der Waals surface area contributed by atoms with E-state index in [4.69, 9.17) is 39.0 Å². The third-order valence-corrected chi connectivity index (χ3v) is 2.40. The summed E-state index contributed by atoms with van der Waals surface area (Å²) >= 11 is 11.5. The minimum atomic E-state index is -0.361. The quantitative estimate of drug-likeness (QED) is 0.655. The predicted molar refractivity (Wildman–Crippen MR) is 63.5 cm³/mol. The number of nitrogens with one attached hydrogen (secondary N) is 1. The van der Waals surface area contributed by atoms with Crippen LogP contribution >= 0.6 is 23.2 Å². The normalized spacial score (nSPS) is 8.41. The average molecular weight is 264 g/mol. The van der Waals surface area contributed by atoms with Gasteiger partial charge in [0.15, 0.2) is 0 Å². The topological polar surface area (TPSA) is 95.8 Å². The lowest BCUT2D eigenvalue weighted by Gasteiger charge is -2.04. The molecule has 5 nitrogen and oxygen atoms in total. The van der Waals surface area contributed by atoms with Crippen molar-refractivity contribution in [3.8, 4) is 18.2 Å². The van der Waals surface area contributed by atoms with Crippen LogP contribution in [0.2, 0.25) is 10.0 Å². The molecule has 17 heavy (non-hydrogen) atoms. The van der Waals surface area contributed by atoms with Gasteiger partial charge in [0, 0.05) is 0 Å². The van der Waals surface area contributed by atoms with Gasteiger partial charge in [0.2, 0.25) is 5.71 Å². The van der Waals surface area contributed by atoms with Crippen LogP contribution in [0.5, 0.6) is 0 Å². The molecule has 0 saturated heterocycles. The van der Waals surface area contributed by atoms with Gasteiger partial charge in [-0.1, -0.05) is 23.2 Å². The van der Waals surface area contributed by atoms with Gasteiger partial charge in [-0.05, 0) is 12.1 Å². The first-order chi connectivity index (χ1) is 8.12. The third-order valence-electron chi connectivity index (χ3n) is 1.68. The summed E-state index contributed by atoms with van der Waals surface area (Å²) in [6.45, 7) is 0. The van der Waals surface area contributed by atoms with Crippen molar-refractivity contribution in [3.05, 3.63) is 27.7 Å². The number of halogens is 2. The van der Waals surface area contributed by atoms with Crippen LogP contribution in [0.3, 0.4) is 0 Å². The minimum absolute atomic E-state index is 0.207. The number of rotatable bonds is 2. The molecule has 0 radical (unpaired) electrons. The molecule has 0 atom stereocenters. The Bertz CT molecular complexity index is 585. The molecule has 1 aromatic rings. The van der Waals surface area contributed by atoms with Crippen LogP contribution in [0.25, 0.3) is 0 Å². The van der Waals surface area contributed by atoms with E-state index < -0.39 is 0 Å². The molecule has 0 aliphatic carbocycles. The molecule has 0 fully saturated rings. The largest absolute Gasteiger partial charge is 0.275 e. The van der Waals surface area contributed by atoms with Gasteiger partial charge in [-0.15, -0.1) is 0 Å². The molecular weight excluding hydrogens is 261 g/mol. The van der Waals surface area contributed by atoms with Gasteiger partial charge in [0.25, 0.3) is 0 Å². The molecule has 7 heteroatoms. The molecule has 0 spiro atoms.